The van der Waals surface area contributed by atoms with E-state index in [4.69, 9.17) is 14.2 Å². The van der Waals surface area contributed by atoms with E-state index in [1.165, 1.54) is 18.3 Å². The van der Waals surface area contributed by atoms with E-state index in [1.807, 2.05) is 37.3 Å². The van der Waals surface area contributed by atoms with Crippen LogP contribution in [-0.4, -0.2) is 42.4 Å². The third kappa shape index (κ3) is 9.15. The fraction of sp³-hybridized carbons (Fsp3) is 0.250. The van der Waals surface area contributed by atoms with E-state index in [-0.39, 0.29) is 25.3 Å². The number of hydrogen-bond acceptors (Lipinski definition) is 8. The van der Waals surface area contributed by atoms with Gasteiger partial charge in [-0.15, -0.1) is 0 Å². The summed E-state index contributed by atoms with van der Waals surface area (Å²) in [6.45, 7) is 4.28. The number of ether oxygens (including phenoxy) is 3. The number of non-ortho nitro benzene ring substituents is 1. The van der Waals surface area contributed by atoms with Gasteiger partial charge in [-0.25, -0.2) is 10.2 Å². The number of nitro groups is 1. The Morgan fingerprint density at radius 3 is 2.36 bits per heavy atom. The molecular weight excluding hydrogens is 504 g/mol. The van der Waals surface area contributed by atoms with Crippen molar-refractivity contribution in [2.24, 2.45) is 5.10 Å². The molecule has 3 rings (SSSR count). The number of rotatable bonds is 13. The number of alkyl carbamates (subject to hydrolysis) is 1. The van der Waals surface area contributed by atoms with E-state index in [0.29, 0.717) is 23.7 Å². The number of nitro benzene ring substituents is 1. The van der Waals surface area contributed by atoms with E-state index in [2.05, 4.69) is 15.8 Å². The first-order chi connectivity index (χ1) is 18.9. The molecule has 0 aliphatic heterocycles. The van der Waals surface area contributed by atoms with Crippen molar-refractivity contribution in [2.75, 3.05) is 13.2 Å². The van der Waals surface area contributed by atoms with Gasteiger partial charge in [-0.1, -0.05) is 30.3 Å². The van der Waals surface area contributed by atoms with Crippen LogP contribution in [0.25, 0.3) is 0 Å². The van der Waals surface area contributed by atoms with Crippen molar-refractivity contribution in [1.29, 1.82) is 0 Å². The topological polar surface area (TPSA) is 141 Å². The minimum absolute atomic E-state index is 0.00699. The monoisotopic (exact) mass is 534 g/mol. The zero-order chi connectivity index (χ0) is 28.0. The molecular formula is C28H30N4O7. The molecule has 0 saturated heterocycles. The van der Waals surface area contributed by atoms with Crippen molar-refractivity contribution in [3.63, 3.8) is 0 Å². The number of benzene rings is 3. The summed E-state index contributed by atoms with van der Waals surface area (Å²) in [6.07, 6.45) is 1.02. The fourth-order valence-electron chi connectivity index (χ4n) is 3.49. The normalized spacial score (nSPS) is 11.4. The maximum Gasteiger partial charge on any atom is 0.407 e. The van der Waals surface area contributed by atoms with Crippen LogP contribution in [-0.2, 0) is 22.6 Å². The van der Waals surface area contributed by atoms with Crippen LogP contribution in [0, 0.1) is 10.1 Å². The molecule has 0 bridgehead atoms. The molecule has 39 heavy (non-hydrogen) atoms. The van der Waals surface area contributed by atoms with Gasteiger partial charge in [-0.3, -0.25) is 14.9 Å². The summed E-state index contributed by atoms with van der Waals surface area (Å²) in [5, 5.41) is 17.4. The van der Waals surface area contributed by atoms with Gasteiger partial charge in [-0.2, -0.15) is 5.10 Å². The van der Waals surface area contributed by atoms with Crippen molar-refractivity contribution >= 4 is 23.9 Å². The van der Waals surface area contributed by atoms with E-state index in [1.54, 1.807) is 37.3 Å². The predicted molar refractivity (Wildman–Crippen MR) is 145 cm³/mol. The molecule has 0 heterocycles. The van der Waals surface area contributed by atoms with E-state index in [9.17, 15) is 19.7 Å². The summed E-state index contributed by atoms with van der Waals surface area (Å²) < 4.78 is 16.5. The first kappa shape index (κ1) is 28.6. The van der Waals surface area contributed by atoms with E-state index >= 15 is 0 Å². The molecule has 0 aliphatic rings. The van der Waals surface area contributed by atoms with Gasteiger partial charge in [0, 0.05) is 18.6 Å². The van der Waals surface area contributed by atoms with Crippen LogP contribution in [0.1, 0.15) is 30.5 Å². The number of hydrazone groups is 1. The molecule has 204 valence electrons. The lowest BCUT2D eigenvalue weighted by atomic mass is 10.1. The number of carbonyl (C=O) groups excluding carboxylic acids is 2. The molecule has 3 aromatic carbocycles. The third-order valence-electron chi connectivity index (χ3n) is 5.36. The average molecular weight is 535 g/mol. The smallest absolute Gasteiger partial charge is 0.407 e. The molecule has 3 aromatic rings. The van der Waals surface area contributed by atoms with Crippen molar-refractivity contribution in [3.05, 3.63) is 99.6 Å². The highest BCUT2D eigenvalue weighted by Crippen LogP contribution is 2.29. The van der Waals surface area contributed by atoms with Crippen LogP contribution in [0.5, 0.6) is 11.5 Å². The first-order valence-corrected chi connectivity index (χ1v) is 12.3. The van der Waals surface area contributed by atoms with Gasteiger partial charge in [-0.05, 0) is 60.9 Å². The lowest BCUT2D eigenvalue weighted by molar-refractivity contribution is -0.384. The predicted octanol–water partition coefficient (Wildman–Crippen LogP) is 4.38. The van der Waals surface area contributed by atoms with Crippen LogP contribution in [0.3, 0.4) is 0 Å². The Bertz CT molecular complexity index is 1280. The zero-order valence-corrected chi connectivity index (χ0v) is 21.7. The first-order valence-electron chi connectivity index (χ1n) is 12.3. The number of nitrogens with zero attached hydrogens (tertiary/aromatic N) is 2. The molecule has 0 saturated carbocycles. The molecule has 0 unspecified atom stereocenters. The maximum atomic E-state index is 12.8. The Labute approximate surface area is 225 Å². The Morgan fingerprint density at radius 1 is 0.949 bits per heavy atom. The lowest BCUT2D eigenvalue weighted by Gasteiger charge is -2.17. The molecule has 0 spiro atoms. The summed E-state index contributed by atoms with van der Waals surface area (Å²) in [4.78, 5) is 35.1. The van der Waals surface area contributed by atoms with Crippen LogP contribution >= 0.6 is 0 Å². The second-order valence-electron chi connectivity index (χ2n) is 8.19. The minimum Gasteiger partial charge on any atom is -0.490 e. The molecule has 2 amide bonds. The molecule has 11 heteroatoms. The molecule has 2 N–H and O–H groups in total. The van der Waals surface area contributed by atoms with Gasteiger partial charge in [0.25, 0.3) is 11.6 Å². The molecule has 0 aromatic heterocycles. The van der Waals surface area contributed by atoms with Gasteiger partial charge >= 0.3 is 6.09 Å². The second kappa shape index (κ2) is 14.7. The quantitative estimate of drug-likeness (QED) is 0.188. The van der Waals surface area contributed by atoms with Gasteiger partial charge in [0.15, 0.2) is 11.5 Å². The third-order valence-corrected chi connectivity index (χ3v) is 5.36. The van der Waals surface area contributed by atoms with Crippen LogP contribution < -0.4 is 20.2 Å². The number of amides is 2. The van der Waals surface area contributed by atoms with Crippen molar-refractivity contribution in [2.45, 2.75) is 32.9 Å². The number of carbonyl (C=O) groups is 2. The molecule has 1 atom stereocenters. The van der Waals surface area contributed by atoms with Gasteiger partial charge < -0.3 is 19.5 Å². The second-order valence-corrected chi connectivity index (χ2v) is 8.19. The highest BCUT2D eigenvalue weighted by molar-refractivity contribution is 5.87. The van der Waals surface area contributed by atoms with Gasteiger partial charge in [0.05, 0.1) is 24.4 Å². The van der Waals surface area contributed by atoms with Gasteiger partial charge in [0.1, 0.15) is 12.6 Å². The van der Waals surface area contributed by atoms with Crippen LogP contribution in [0.15, 0.2) is 77.9 Å². The fourth-order valence-corrected chi connectivity index (χ4v) is 3.49. The van der Waals surface area contributed by atoms with Crippen molar-refractivity contribution < 1.29 is 28.7 Å². The maximum absolute atomic E-state index is 12.8. The van der Waals surface area contributed by atoms with Crippen molar-refractivity contribution in [1.82, 2.24) is 10.7 Å². The summed E-state index contributed by atoms with van der Waals surface area (Å²) in [5.41, 5.74) is 4.74. The molecule has 0 radical (unpaired) electrons. The Kier molecular flexibility index (Phi) is 10.8. The number of hydrogen-bond donors (Lipinski definition) is 2. The average Bonchev–Trinajstić information content (AvgIpc) is 2.93. The summed E-state index contributed by atoms with van der Waals surface area (Å²) in [5.74, 6) is 0.454. The Hall–Kier alpha value is -4.93. The van der Waals surface area contributed by atoms with Crippen molar-refractivity contribution in [3.8, 4) is 11.5 Å². The minimum atomic E-state index is -0.891. The Morgan fingerprint density at radius 2 is 1.69 bits per heavy atom. The molecule has 0 fully saturated rings. The van der Waals surface area contributed by atoms with Gasteiger partial charge in [0.2, 0.25) is 0 Å². The largest absolute Gasteiger partial charge is 0.490 e. The molecule has 0 aliphatic carbocycles. The lowest BCUT2D eigenvalue weighted by Crippen LogP contribution is -2.47. The number of nitrogens with one attached hydrogen (secondary N) is 2. The summed E-state index contributed by atoms with van der Waals surface area (Å²) in [7, 11) is 0. The standard InChI is InChI=1S/C28H30N4O7/c1-3-37-26-17-22(12-15-25(26)39-19-21-10-13-23(14-11-21)32(35)36)18-29-31-27(33)24(30-28(34)38-4-2)16-20-8-6-5-7-9-20/h5-15,17-18,24H,3-4,16,19H2,1-2H3,(H,30,34)(H,31,33)/b29-18-/t24-/m1/s1. The van der Waals surface area contributed by atoms with Crippen LogP contribution in [0.2, 0.25) is 0 Å². The van der Waals surface area contributed by atoms with E-state index < -0.39 is 23.0 Å². The zero-order valence-electron chi connectivity index (χ0n) is 21.7. The van der Waals surface area contributed by atoms with E-state index in [0.717, 1.165) is 11.1 Å². The van der Waals surface area contributed by atoms with Crippen LogP contribution in [0.4, 0.5) is 10.5 Å². The summed E-state index contributed by atoms with van der Waals surface area (Å²) in [6, 6.07) is 19.6. The summed E-state index contributed by atoms with van der Waals surface area (Å²) >= 11 is 0. The molecule has 11 nitrogen and oxygen atoms in total. The highest BCUT2D eigenvalue weighted by Gasteiger charge is 2.21. The highest BCUT2D eigenvalue weighted by atomic mass is 16.6. The SMILES string of the molecule is CCOC(=O)N[C@H](Cc1ccccc1)C(=O)N/N=C\c1ccc(OCc2ccc([N+](=O)[O-])cc2)c(OCC)c1. The Balaban J connectivity index is 1.65.